The zero-order chi connectivity index (χ0) is 17.0. The van der Waals surface area contributed by atoms with Crippen LogP contribution in [-0.2, 0) is 4.74 Å². The first-order valence-electron chi connectivity index (χ1n) is 7.93. The molecule has 0 aliphatic carbocycles. The molecule has 0 radical (unpaired) electrons. The van der Waals surface area contributed by atoms with Gasteiger partial charge in [-0.3, -0.25) is 0 Å². The molecule has 128 valence electrons. The molecule has 0 spiro atoms. The molecule has 0 saturated carbocycles. The van der Waals surface area contributed by atoms with Crippen LogP contribution < -0.4 is 10.6 Å². The lowest BCUT2D eigenvalue weighted by molar-refractivity contribution is 0.0164. The van der Waals surface area contributed by atoms with E-state index in [1.165, 1.54) is 0 Å². The van der Waals surface area contributed by atoms with E-state index >= 15 is 0 Å². The van der Waals surface area contributed by atoms with Gasteiger partial charge in [0.1, 0.15) is 6.10 Å². The van der Waals surface area contributed by atoms with Crippen molar-refractivity contribution in [1.29, 1.82) is 0 Å². The summed E-state index contributed by atoms with van der Waals surface area (Å²) in [5.74, 6) is 0.0550. The zero-order valence-electron chi connectivity index (χ0n) is 13.8. The molecule has 3 atom stereocenters. The van der Waals surface area contributed by atoms with Crippen molar-refractivity contribution in [3.8, 4) is 0 Å². The summed E-state index contributed by atoms with van der Waals surface area (Å²) in [6.07, 6.45) is 0.574. The summed E-state index contributed by atoms with van der Waals surface area (Å²) in [7, 11) is 0. The summed E-state index contributed by atoms with van der Waals surface area (Å²) < 4.78 is 5.74. The smallest absolute Gasteiger partial charge is 0.315 e. The van der Waals surface area contributed by atoms with Crippen LogP contribution in [0, 0.1) is 5.92 Å². The Morgan fingerprint density at radius 2 is 2.09 bits per heavy atom. The van der Waals surface area contributed by atoms with Gasteiger partial charge in [-0.15, -0.1) is 0 Å². The summed E-state index contributed by atoms with van der Waals surface area (Å²) in [6, 6.07) is 7.06. The molecule has 0 bridgehead atoms. The Balaban J connectivity index is 1.91. The van der Waals surface area contributed by atoms with Crippen molar-refractivity contribution in [3.05, 3.63) is 34.9 Å². The van der Waals surface area contributed by atoms with Crippen LogP contribution in [0.1, 0.15) is 38.9 Å². The predicted octanol–water partition coefficient (Wildman–Crippen LogP) is 2.88. The lowest BCUT2D eigenvalue weighted by Crippen LogP contribution is -2.50. The van der Waals surface area contributed by atoms with Gasteiger partial charge in [-0.1, -0.05) is 37.6 Å². The maximum atomic E-state index is 12.1. The van der Waals surface area contributed by atoms with E-state index in [-0.39, 0.29) is 30.6 Å². The summed E-state index contributed by atoms with van der Waals surface area (Å²) in [5.41, 5.74) is 0.0606. The number of benzene rings is 1. The van der Waals surface area contributed by atoms with E-state index in [4.69, 9.17) is 16.3 Å². The highest BCUT2D eigenvalue weighted by atomic mass is 35.5. The second-order valence-electron chi connectivity index (χ2n) is 6.58. The van der Waals surface area contributed by atoms with Crippen molar-refractivity contribution in [1.82, 2.24) is 10.6 Å². The van der Waals surface area contributed by atoms with E-state index in [2.05, 4.69) is 10.6 Å². The molecule has 1 aromatic carbocycles. The standard InChI is InChI=1S/C17H25ClN2O3/c1-11(2)17(3,22)10-19-16(21)20-14-8-9-23-15(14)12-4-6-13(18)7-5-12/h4-7,11,14-15,22H,8-10H2,1-3H3,(H2,19,20,21). The number of aliphatic hydroxyl groups is 1. The molecule has 1 aliphatic rings. The van der Waals surface area contributed by atoms with Gasteiger partial charge in [0.05, 0.1) is 11.6 Å². The van der Waals surface area contributed by atoms with E-state index in [0.717, 1.165) is 12.0 Å². The number of hydrogen-bond donors (Lipinski definition) is 3. The van der Waals surface area contributed by atoms with Crippen molar-refractivity contribution in [2.75, 3.05) is 13.2 Å². The quantitative estimate of drug-likeness (QED) is 0.772. The van der Waals surface area contributed by atoms with Crippen LogP contribution in [0.5, 0.6) is 0 Å². The molecular weight excluding hydrogens is 316 g/mol. The second-order valence-corrected chi connectivity index (χ2v) is 7.01. The molecule has 6 heteroatoms. The van der Waals surface area contributed by atoms with Gasteiger partial charge in [0.25, 0.3) is 0 Å². The predicted molar refractivity (Wildman–Crippen MR) is 90.5 cm³/mol. The molecule has 1 saturated heterocycles. The Kier molecular flexibility index (Phi) is 5.89. The van der Waals surface area contributed by atoms with Crippen LogP contribution in [-0.4, -0.2) is 35.9 Å². The first-order valence-corrected chi connectivity index (χ1v) is 8.31. The largest absolute Gasteiger partial charge is 0.388 e. The fourth-order valence-electron chi connectivity index (χ4n) is 2.40. The van der Waals surface area contributed by atoms with Gasteiger partial charge < -0.3 is 20.5 Å². The number of halogens is 1. The summed E-state index contributed by atoms with van der Waals surface area (Å²) in [4.78, 5) is 12.1. The number of rotatable bonds is 5. The lowest BCUT2D eigenvalue weighted by Gasteiger charge is -2.28. The number of carbonyl (C=O) groups excluding carboxylic acids is 1. The molecule has 3 N–H and O–H groups in total. The molecule has 0 aromatic heterocycles. The summed E-state index contributed by atoms with van der Waals surface area (Å²) >= 11 is 5.90. The molecule has 1 heterocycles. The van der Waals surface area contributed by atoms with Crippen molar-refractivity contribution < 1.29 is 14.6 Å². The summed E-state index contributed by atoms with van der Waals surface area (Å²) in [6.45, 7) is 6.35. The first kappa shape index (κ1) is 18.0. The minimum absolute atomic E-state index is 0.0550. The number of nitrogens with one attached hydrogen (secondary N) is 2. The third-order valence-electron chi connectivity index (χ3n) is 4.46. The Labute approximate surface area is 142 Å². The van der Waals surface area contributed by atoms with Crippen LogP contribution in [0.3, 0.4) is 0 Å². The number of hydrogen-bond acceptors (Lipinski definition) is 3. The third-order valence-corrected chi connectivity index (χ3v) is 4.71. The first-order chi connectivity index (χ1) is 10.8. The second kappa shape index (κ2) is 7.51. The maximum Gasteiger partial charge on any atom is 0.315 e. The Morgan fingerprint density at radius 1 is 1.43 bits per heavy atom. The van der Waals surface area contributed by atoms with Crippen LogP contribution in [0.25, 0.3) is 0 Å². The minimum Gasteiger partial charge on any atom is -0.388 e. The zero-order valence-corrected chi connectivity index (χ0v) is 14.6. The minimum atomic E-state index is -0.931. The molecule has 2 amide bonds. The van der Waals surface area contributed by atoms with Gasteiger partial charge in [-0.05, 0) is 37.0 Å². The maximum absolute atomic E-state index is 12.1. The highest BCUT2D eigenvalue weighted by Gasteiger charge is 2.31. The van der Waals surface area contributed by atoms with E-state index in [9.17, 15) is 9.90 Å². The van der Waals surface area contributed by atoms with Gasteiger partial charge in [-0.2, -0.15) is 0 Å². The van der Waals surface area contributed by atoms with E-state index in [0.29, 0.717) is 11.6 Å². The SMILES string of the molecule is CC(C)C(C)(O)CNC(=O)NC1CCOC1c1ccc(Cl)cc1. The fraction of sp³-hybridized carbons (Fsp3) is 0.588. The third kappa shape index (κ3) is 4.83. The molecular formula is C17H25ClN2O3. The molecule has 3 unspecified atom stereocenters. The van der Waals surface area contributed by atoms with Crippen molar-refractivity contribution in [3.63, 3.8) is 0 Å². The highest BCUT2D eigenvalue weighted by Crippen LogP contribution is 2.29. The molecule has 1 fully saturated rings. The van der Waals surface area contributed by atoms with Gasteiger partial charge in [-0.25, -0.2) is 4.79 Å². The van der Waals surface area contributed by atoms with E-state index < -0.39 is 5.60 Å². The Bertz CT molecular complexity index is 531. The number of amides is 2. The molecule has 2 rings (SSSR count). The average Bonchev–Trinajstić information content (AvgIpc) is 2.94. The lowest BCUT2D eigenvalue weighted by atomic mass is 9.93. The van der Waals surface area contributed by atoms with Gasteiger partial charge >= 0.3 is 6.03 Å². The molecule has 5 nitrogen and oxygen atoms in total. The molecule has 1 aliphatic heterocycles. The summed E-state index contributed by atoms with van der Waals surface area (Å²) in [5, 5.41) is 16.5. The van der Waals surface area contributed by atoms with Gasteiger partial charge in [0.2, 0.25) is 0 Å². The Hall–Kier alpha value is -1.30. The molecule has 23 heavy (non-hydrogen) atoms. The number of carbonyl (C=O) groups is 1. The monoisotopic (exact) mass is 340 g/mol. The fourth-order valence-corrected chi connectivity index (χ4v) is 2.53. The number of ether oxygens (including phenoxy) is 1. The van der Waals surface area contributed by atoms with Crippen molar-refractivity contribution >= 4 is 17.6 Å². The van der Waals surface area contributed by atoms with Crippen LogP contribution in [0.2, 0.25) is 5.02 Å². The van der Waals surface area contributed by atoms with Crippen molar-refractivity contribution in [2.45, 2.75) is 44.9 Å². The number of urea groups is 1. The van der Waals surface area contributed by atoms with Crippen LogP contribution in [0.15, 0.2) is 24.3 Å². The normalized spacial score (nSPS) is 23.6. The van der Waals surface area contributed by atoms with Crippen molar-refractivity contribution in [2.24, 2.45) is 5.92 Å². The van der Waals surface area contributed by atoms with Crippen LogP contribution >= 0.6 is 11.6 Å². The van der Waals surface area contributed by atoms with E-state index in [1.54, 1.807) is 6.92 Å². The van der Waals surface area contributed by atoms with Crippen LogP contribution in [0.4, 0.5) is 4.79 Å². The Morgan fingerprint density at radius 3 is 2.70 bits per heavy atom. The topological polar surface area (TPSA) is 70.6 Å². The van der Waals surface area contributed by atoms with E-state index in [1.807, 2.05) is 38.1 Å². The average molecular weight is 341 g/mol. The van der Waals surface area contributed by atoms with Gasteiger partial charge in [0, 0.05) is 18.2 Å². The van der Waals surface area contributed by atoms with Gasteiger partial charge in [0.15, 0.2) is 0 Å². The highest BCUT2D eigenvalue weighted by molar-refractivity contribution is 6.30. The molecule has 1 aromatic rings.